The minimum atomic E-state index is -3.70. The molecule has 0 unspecified atom stereocenters. The summed E-state index contributed by atoms with van der Waals surface area (Å²) < 4.78 is 27.7. The highest BCUT2D eigenvalue weighted by Crippen LogP contribution is 2.19. The van der Waals surface area contributed by atoms with E-state index in [9.17, 15) is 13.2 Å². The number of rotatable bonds is 8. The molecule has 0 amide bonds. The van der Waals surface area contributed by atoms with Crippen LogP contribution in [0.1, 0.15) is 50.4 Å². The average Bonchev–Trinajstić information content (AvgIpc) is 2.52. The van der Waals surface area contributed by atoms with E-state index in [1.165, 1.54) is 12.1 Å². The third-order valence-electron chi connectivity index (χ3n) is 3.88. The highest BCUT2D eigenvalue weighted by atomic mass is 35.5. The fourth-order valence-electron chi connectivity index (χ4n) is 2.11. The molecule has 22 heavy (non-hydrogen) atoms. The van der Waals surface area contributed by atoms with Gasteiger partial charge in [-0.15, -0.1) is 12.4 Å². The van der Waals surface area contributed by atoms with Gasteiger partial charge in [0.2, 0.25) is 10.0 Å². The number of halogens is 1. The predicted molar refractivity (Wildman–Crippen MR) is 91.0 cm³/mol. The lowest BCUT2D eigenvalue weighted by Gasteiger charge is -2.31. The van der Waals surface area contributed by atoms with Gasteiger partial charge in [0.15, 0.2) is 5.78 Å². The number of sulfonamides is 1. The number of nitrogens with one attached hydrogen (secondary N) is 1. The molecule has 3 N–H and O–H groups in total. The van der Waals surface area contributed by atoms with Crippen molar-refractivity contribution < 1.29 is 13.2 Å². The van der Waals surface area contributed by atoms with Gasteiger partial charge in [0.05, 0.1) is 4.90 Å². The van der Waals surface area contributed by atoms with Crippen LogP contribution in [0.4, 0.5) is 0 Å². The first-order valence-electron chi connectivity index (χ1n) is 7.21. The smallest absolute Gasteiger partial charge is 0.241 e. The Hall–Kier alpha value is -0.950. The van der Waals surface area contributed by atoms with Gasteiger partial charge in [-0.2, -0.15) is 0 Å². The molecule has 0 fully saturated rings. The van der Waals surface area contributed by atoms with Gasteiger partial charge in [0.25, 0.3) is 0 Å². The summed E-state index contributed by atoms with van der Waals surface area (Å²) >= 11 is 0. The summed E-state index contributed by atoms with van der Waals surface area (Å²) in [5.74, 6) is -0.0804. The van der Waals surface area contributed by atoms with Gasteiger partial charge < -0.3 is 5.73 Å². The number of ketones is 1. The van der Waals surface area contributed by atoms with Crippen LogP contribution in [-0.2, 0) is 10.0 Å². The molecule has 0 aliphatic carbocycles. The first-order valence-corrected chi connectivity index (χ1v) is 8.69. The van der Waals surface area contributed by atoms with Crippen molar-refractivity contribution in [3.8, 4) is 0 Å². The first-order chi connectivity index (χ1) is 9.84. The lowest BCUT2D eigenvalue weighted by Crippen LogP contribution is -2.52. The van der Waals surface area contributed by atoms with Crippen molar-refractivity contribution in [2.45, 2.75) is 50.5 Å². The molecular formula is C15H25ClN2O3S. The Bertz CT molecular complexity index is 590. The minimum absolute atomic E-state index is 0. The molecule has 1 aromatic carbocycles. The Kier molecular flexibility index (Phi) is 8.25. The molecule has 7 heteroatoms. The van der Waals surface area contributed by atoms with Crippen molar-refractivity contribution in [1.82, 2.24) is 4.72 Å². The van der Waals surface area contributed by atoms with Crippen LogP contribution >= 0.6 is 12.4 Å². The molecule has 1 aromatic rings. The number of nitrogens with two attached hydrogens (primary N) is 1. The summed E-state index contributed by atoms with van der Waals surface area (Å²) in [5, 5.41) is 0. The van der Waals surface area contributed by atoms with Crippen molar-refractivity contribution in [3.05, 3.63) is 29.8 Å². The minimum Gasteiger partial charge on any atom is -0.329 e. The van der Waals surface area contributed by atoms with E-state index in [-0.39, 0.29) is 29.6 Å². The van der Waals surface area contributed by atoms with Gasteiger partial charge in [-0.1, -0.05) is 32.9 Å². The highest BCUT2D eigenvalue weighted by molar-refractivity contribution is 7.89. The molecule has 0 saturated carbocycles. The number of hydrogen-bond acceptors (Lipinski definition) is 4. The summed E-state index contributed by atoms with van der Waals surface area (Å²) in [6.07, 6.45) is 1.55. The van der Waals surface area contributed by atoms with E-state index in [0.717, 1.165) is 0 Å². The second-order valence-corrected chi connectivity index (χ2v) is 6.78. The molecule has 0 radical (unpaired) electrons. The Morgan fingerprint density at radius 1 is 1.23 bits per heavy atom. The molecular weight excluding hydrogens is 324 g/mol. The predicted octanol–water partition coefficient (Wildman–Crippen LogP) is 2.50. The molecule has 0 spiro atoms. The van der Waals surface area contributed by atoms with Crippen LogP contribution in [0, 0.1) is 0 Å². The molecule has 5 nitrogen and oxygen atoms in total. The van der Waals surface area contributed by atoms with Crippen LogP contribution in [0.5, 0.6) is 0 Å². The number of benzene rings is 1. The molecule has 0 bridgehead atoms. The van der Waals surface area contributed by atoms with Crippen LogP contribution in [0.15, 0.2) is 29.2 Å². The molecule has 0 saturated heterocycles. The maximum atomic E-state index is 12.5. The molecule has 0 aliphatic heterocycles. The summed E-state index contributed by atoms with van der Waals surface area (Å²) in [5.41, 5.74) is 5.49. The SMILES string of the molecule is CCC(=O)c1cccc(S(=O)(=O)NC(CC)(CC)CN)c1.Cl. The highest BCUT2D eigenvalue weighted by Gasteiger charge is 2.30. The number of hydrogen-bond donors (Lipinski definition) is 2. The lowest BCUT2D eigenvalue weighted by molar-refractivity contribution is 0.0988. The summed E-state index contributed by atoms with van der Waals surface area (Å²) in [6.45, 7) is 5.77. The van der Waals surface area contributed by atoms with E-state index in [0.29, 0.717) is 24.8 Å². The monoisotopic (exact) mass is 348 g/mol. The fraction of sp³-hybridized carbons (Fsp3) is 0.533. The normalized spacial score (nSPS) is 11.8. The molecule has 0 aromatic heterocycles. The van der Waals surface area contributed by atoms with Crippen LogP contribution < -0.4 is 10.5 Å². The molecule has 0 heterocycles. The lowest BCUT2D eigenvalue weighted by atomic mass is 9.95. The van der Waals surface area contributed by atoms with Crippen LogP contribution in [0.3, 0.4) is 0 Å². The van der Waals surface area contributed by atoms with Crippen molar-refractivity contribution >= 4 is 28.2 Å². The van der Waals surface area contributed by atoms with Gasteiger partial charge in [0, 0.05) is 24.1 Å². The van der Waals surface area contributed by atoms with Crippen LogP contribution in [0.25, 0.3) is 0 Å². The topological polar surface area (TPSA) is 89.3 Å². The number of Topliss-reactive ketones (excluding diaryl/α,β-unsaturated/α-hetero) is 1. The summed E-state index contributed by atoms with van der Waals surface area (Å²) in [7, 11) is -3.70. The number of carbonyl (C=O) groups excluding carboxylic acids is 1. The van der Waals surface area contributed by atoms with E-state index in [1.807, 2.05) is 13.8 Å². The van der Waals surface area contributed by atoms with Crippen molar-refractivity contribution in [2.75, 3.05) is 6.54 Å². The zero-order chi connectivity index (χ0) is 16.1. The van der Waals surface area contributed by atoms with Crippen LogP contribution in [-0.4, -0.2) is 26.3 Å². The van der Waals surface area contributed by atoms with E-state index < -0.39 is 15.6 Å². The number of carbonyl (C=O) groups is 1. The van der Waals surface area contributed by atoms with E-state index >= 15 is 0 Å². The Morgan fingerprint density at radius 2 is 1.82 bits per heavy atom. The van der Waals surface area contributed by atoms with Crippen molar-refractivity contribution in [2.24, 2.45) is 5.73 Å². The van der Waals surface area contributed by atoms with Gasteiger partial charge in [-0.05, 0) is 25.0 Å². The van der Waals surface area contributed by atoms with Crippen molar-refractivity contribution in [3.63, 3.8) is 0 Å². The van der Waals surface area contributed by atoms with Crippen LogP contribution in [0.2, 0.25) is 0 Å². The third-order valence-corrected chi connectivity index (χ3v) is 5.46. The summed E-state index contributed by atoms with van der Waals surface area (Å²) in [4.78, 5) is 11.8. The van der Waals surface area contributed by atoms with E-state index in [2.05, 4.69) is 4.72 Å². The van der Waals surface area contributed by atoms with E-state index in [4.69, 9.17) is 5.73 Å². The standard InChI is InChI=1S/C15H24N2O3S.ClH/c1-4-14(18)12-8-7-9-13(10-12)21(19,20)17-15(5-2,6-3)11-16;/h7-10,17H,4-6,11,16H2,1-3H3;1H. The molecule has 0 atom stereocenters. The van der Waals surface area contributed by atoms with Gasteiger partial charge in [-0.25, -0.2) is 13.1 Å². The van der Waals surface area contributed by atoms with E-state index in [1.54, 1.807) is 19.1 Å². The van der Waals surface area contributed by atoms with Gasteiger partial charge in [-0.3, -0.25) is 4.79 Å². The zero-order valence-corrected chi connectivity index (χ0v) is 14.9. The largest absolute Gasteiger partial charge is 0.329 e. The molecule has 126 valence electrons. The Balaban J connectivity index is 0.00000441. The first kappa shape index (κ1) is 21.0. The Labute approximate surface area is 139 Å². The third kappa shape index (κ3) is 4.78. The maximum absolute atomic E-state index is 12.5. The maximum Gasteiger partial charge on any atom is 0.241 e. The Morgan fingerprint density at radius 3 is 2.27 bits per heavy atom. The molecule has 0 aliphatic rings. The second-order valence-electron chi connectivity index (χ2n) is 5.10. The fourth-order valence-corrected chi connectivity index (χ4v) is 3.71. The van der Waals surface area contributed by atoms with Gasteiger partial charge >= 0.3 is 0 Å². The molecule has 1 rings (SSSR count). The average molecular weight is 349 g/mol. The van der Waals surface area contributed by atoms with Crippen molar-refractivity contribution in [1.29, 1.82) is 0 Å². The van der Waals surface area contributed by atoms with Gasteiger partial charge in [0.1, 0.15) is 0 Å². The summed E-state index contributed by atoms with van der Waals surface area (Å²) in [6, 6.07) is 6.11. The quantitative estimate of drug-likeness (QED) is 0.706. The second kappa shape index (κ2) is 8.62. The zero-order valence-electron chi connectivity index (χ0n) is 13.3.